The smallest absolute Gasteiger partial charge is 0.240 e. The van der Waals surface area contributed by atoms with Crippen molar-refractivity contribution in [3.05, 3.63) is 24.3 Å². The first-order valence-electron chi connectivity index (χ1n) is 6.86. The van der Waals surface area contributed by atoms with Crippen LogP contribution in [0.25, 0.3) is 0 Å². The Kier molecular flexibility index (Phi) is 8.02. The van der Waals surface area contributed by atoms with Gasteiger partial charge < -0.3 is 5.32 Å². The highest BCUT2D eigenvalue weighted by molar-refractivity contribution is 7.98. The van der Waals surface area contributed by atoms with E-state index >= 15 is 0 Å². The standard InChI is InChI=1S/C14H24N2O2S2/c1-15-13-7-9-14(10-8-13)20(17,18)16-11-5-3-4-6-12-19-2/h7-10,15-16H,3-6,11-12H2,1-2H3. The van der Waals surface area contributed by atoms with Gasteiger partial charge >= 0.3 is 0 Å². The third kappa shape index (κ3) is 6.15. The molecule has 0 aliphatic heterocycles. The topological polar surface area (TPSA) is 58.2 Å². The Labute approximate surface area is 126 Å². The maximum absolute atomic E-state index is 12.0. The highest BCUT2D eigenvalue weighted by atomic mass is 32.2. The number of anilines is 1. The molecule has 6 heteroatoms. The van der Waals surface area contributed by atoms with Crippen molar-refractivity contribution in [1.29, 1.82) is 0 Å². The van der Waals surface area contributed by atoms with Crippen LogP contribution >= 0.6 is 11.8 Å². The van der Waals surface area contributed by atoms with Gasteiger partial charge in [0.2, 0.25) is 10.0 Å². The van der Waals surface area contributed by atoms with Gasteiger partial charge in [-0.25, -0.2) is 13.1 Å². The van der Waals surface area contributed by atoms with Crippen molar-refractivity contribution in [1.82, 2.24) is 4.72 Å². The average molecular weight is 316 g/mol. The molecule has 0 atom stereocenters. The van der Waals surface area contributed by atoms with E-state index in [0.29, 0.717) is 11.4 Å². The molecule has 0 aromatic heterocycles. The lowest BCUT2D eigenvalue weighted by atomic mass is 10.2. The zero-order valence-corrected chi connectivity index (χ0v) is 13.8. The fourth-order valence-corrected chi connectivity index (χ4v) is 3.38. The number of benzene rings is 1. The SMILES string of the molecule is CNc1ccc(S(=O)(=O)NCCCCCCSC)cc1. The van der Waals surface area contributed by atoms with E-state index < -0.39 is 10.0 Å². The first-order chi connectivity index (χ1) is 9.60. The van der Waals surface area contributed by atoms with Crippen LogP contribution < -0.4 is 10.0 Å². The molecule has 0 radical (unpaired) electrons. The first-order valence-corrected chi connectivity index (χ1v) is 9.74. The molecular weight excluding hydrogens is 292 g/mol. The molecule has 0 spiro atoms. The van der Waals surface area contributed by atoms with E-state index in [1.165, 1.54) is 18.6 Å². The minimum absolute atomic E-state index is 0.318. The quantitative estimate of drug-likeness (QED) is 0.652. The molecule has 114 valence electrons. The Morgan fingerprint density at radius 1 is 1.05 bits per heavy atom. The van der Waals surface area contributed by atoms with Crippen LogP contribution in [0.1, 0.15) is 25.7 Å². The Bertz CT molecular complexity index is 472. The molecule has 2 N–H and O–H groups in total. The summed E-state index contributed by atoms with van der Waals surface area (Å²) in [6.45, 7) is 0.509. The summed E-state index contributed by atoms with van der Waals surface area (Å²) in [6.07, 6.45) is 6.44. The number of unbranched alkanes of at least 4 members (excludes halogenated alkanes) is 3. The van der Waals surface area contributed by atoms with Crippen LogP contribution in [0.3, 0.4) is 0 Å². The van der Waals surface area contributed by atoms with Gasteiger partial charge in [0.25, 0.3) is 0 Å². The number of hydrogen-bond donors (Lipinski definition) is 2. The number of thioether (sulfide) groups is 1. The molecular formula is C14H24N2O2S2. The van der Waals surface area contributed by atoms with Crippen LogP contribution in [0.5, 0.6) is 0 Å². The molecule has 0 fully saturated rings. The van der Waals surface area contributed by atoms with Gasteiger partial charge in [-0.2, -0.15) is 11.8 Å². The van der Waals surface area contributed by atoms with Crippen LogP contribution in [-0.4, -0.2) is 34.0 Å². The number of rotatable bonds is 10. The van der Waals surface area contributed by atoms with Crippen LogP contribution in [0.4, 0.5) is 5.69 Å². The van der Waals surface area contributed by atoms with Gasteiger partial charge in [0.15, 0.2) is 0 Å². The van der Waals surface area contributed by atoms with E-state index in [9.17, 15) is 8.42 Å². The molecule has 0 aliphatic carbocycles. The summed E-state index contributed by atoms with van der Waals surface area (Å²) >= 11 is 1.85. The van der Waals surface area contributed by atoms with Crippen LogP contribution in [0, 0.1) is 0 Å². The van der Waals surface area contributed by atoms with E-state index in [0.717, 1.165) is 18.5 Å². The van der Waals surface area contributed by atoms with E-state index in [1.54, 1.807) is 31.3 Å². The molecule has 1 aromatic rings. The maximum Gasteiger partial charge on any atom is 0.240 e. The van der Waals surface area contributed by atoms with E-state index in [4.69, 9.17) is 0 Å². The highest BCUT2D eigenvalue weighted by Crippen LogP contribution is 2.13. The summed E-state index contributed by atoms with van der Waals surface area (Å²) in [7, 11) is -1.56. The summed E-state index contributed by atoms with van der Waals surface area (Å²) in [5.41, 5.74) is 0.901. The molecule has 0 saturated heterocycles. The summed E-state index contributed by atoms with van der Waals surface area (Å²) in [4.78, 5) is 0.318. The summed E-state index contributed by atoms with van der Waals surface area (Å²) < 4.78 is 26.7. The summed E-state index contributed by atoms with van der Waals surface area (Å²) in [5.74, 6) is 1.18. The largest absolute Gasteiger partial charge is 0.388 e. The number of hydrogen-bond acceptors (Lipinski definition) is 4. The van der Waals surface area contributed by atoms with Gasteiger partial charge in [-0.3, -0.25) is 0 Å². The Hall–Kier alpha value is -0.720. The normalized spacial score (nSPS) is 11.5. The van der Waals surface area contributed by atoms with E-state index in [1.807, 2.05) is 11.8 Å². The fraction of sp³-hybridized carbons (Fsp3) is 0.571. The number of sulfonamides is 1. The van der Waals surface area contributed by atoms with Gasteiger partial charge in [0.1, 0.15) is 0 Å². The van der Waals surface area contributed by atoms with Crippen molar-refractivity contribution in [2.24, 2.45) is 0 Å². The van der Waals surface area contributed by atoms with Crippen LogP contribution in [0.2, 0.25) is 0 Å². The third-order valence-corrected chi connectivity index (χ3v) is 5.19. The molecule has 20 heavy (non-hydrogen) atoms. The average Bonchev–Trinajstić information content (AvgIpc) is 2.46. The second kappa shape index (κ2) is 9.26. The molecule has 4 nitrogen and oxygen atoms in total. The molecule has 0 amide bonds. The van der Waals surface area contributed by atoms with Gasteiger partial charge in [-0.15, -0.1) is 0 Å². The minimum atomic E-state index is -3.36. The van der Waals surface area contributed by atoms with Crippen molar-refractivity contribution >= 4 is 27.5 Å². The second-order valence-corrected chi connectivity index (χ2v) is 7.33. The number of nitrogens with one attached hydrogen (secondary N) is 2. The summed E-state index contributed by atoms with van der Waals surface area (Å²) in [6, 6.07) is 6.76. The van der Waals surface area contributed by atoms with Gasteiger partial charge in [-0.1, -0.05) is 12.8 Å². The Balaban J connectivity index is 2.33. The lowest BCUT2D eigenvalue weighted by Crippen LogP contribution is -2.24. The lowest BCUT2D eigenvalue weighted by Gasteiger charge is -2.07. The van der Waals surface area contributed by atoms with Gasteiger partial charge in [-0.05, 0) is 49.1 Å². The fourth-order valence-electron chi connectivity index (χ4n) is 1.82. The molecule has 0 aliphatic rings. The Morgan fingerprint density at radius 2 is 1.70 bits per heavy atom. The molecule has 1 aromatic carbocycles. The van der Waals surface area contributed by atoms with Crippen molar-refractivity contribution in [3.8, 4) is 0 Å². The van der Waals surface area contributed by atoms with Crippen molar-refractivity contribution in [2.45, 2.75) is 30.6 Å². The zero-order chi connectivity index (χ0) is 14.8. The zero-order valence-electron chi connectivity index (χ0n) is 12.2. The molecule has 1 rings (SSSR count). The van der Waals surface area contributed by atoms with Crippen LogP contribution in [0.15, 0.2) is 29.2 Å². The van der Waals surface area contributed by atoms with E-state index in [2.05, 4.69) is 16.3 Å². The lowest BCUT2D eigenvalue weighted by molar-refractivity contribution is 0.574. The molecule has 0 heterocycles. The second-order valence-electron chi connectivity index (χ2n) is 4.58. The van der Waals surface area contributed by atoms with Crippen molar-refractivity contribution in [2.75, 3.05) is 30.9 Å². The van der Waals surface area contributed by atoms with Crippen molar-refractivity contribution in [3.63, 3.8) is 0 Å². The predicted molar refractivity (Wildman–Crippen MR) is 88.0 cm³/mol. The first kappa shape index (κ1) is 17.3. The summed E-state index contributed by atoms with van der Waals surface area (Å²) in [5, 5.41) is 2.97. The van der Waals surface area contributed by atoms with E-state index in [-0.39, 0.29) is 0 Å². The molecule has 0 bridgehead atoms. The van der Waals surface area contributed by atoms with Gasteiger partial charge in [0.05, 0.1) is 4.90 Å². The molecule has 0 saturated carbocycles. The monoisotopic (exact) mass is 316 g/mol. The van der Waals surface area contributed by atoms with Crippen LogP contribution in [-0.2, 0) is 10.0 Å². The highest BCUT2D eigenvalue weighted by Gasteiger charge is 2.12. The van der Waals surface area contributed by atoms with Gasteiger partial charge in [0, 0.05) is 19.3 Å². The van der Waals surface area contributed by atoms with Crippen molar-refractivity contribution < 1.29 is 8.42 Å². The Morgan fingerprint density at radius 3 is 2.30 bits per heavy atom. The maximum atomic E-state index is 12.0. The molecule has 0 unspecified atom stereocenters. The predicted octanol–water partition coefficient (Wildman–Crippen LogP) is 2.93. The minimum Gasteiger partial charge on any atom is -0.388 e. The third-order valence-electron chi connectivity index (χ3n) is 3.02.